The van der Waals surface area contributed by atoms with Crippen LogP contribution in [0.25, 0.3) is 0 Å². The van der Waals surface area contributed by atoms with Crippen molar-refractivity contribution < 1.29 is 0 Å². The molecule has 116 valence electrons. The maximum atomic E-state index is 2.36. The zero-order valence-electron chi connectivity index (χ0n) is 14.4. The van der Waals surface area contributed by atoms with Crippen molar-refractivity contribution in [2.75, 3.05) is 0 Å². The van der Waals surface area contributed by atoms with Crippen LogP contribution in [0.15, 0.2) is 72.8 Å². The zero-order chi connectivity index (χ0) is 16.4. The highest BCUT2D eigenvalue weighted by atomic mass is 14.4. The number of hydrogen-bond donors (Lipinski definition) is 0. The zero-order valence-corrected chi connectivity index (χ0v) is 14.4. The normalized spacial score (nSPS) is 11.5. The molecule has 0 unspecified atom stereocenters. The molecule has 0 nitrogen and oxygen atoms in total. The SMILES string of the molecule is Cc1ccccc1C(C)(c1ccccc1C)c1ccccc1C. The molecule has 0 amide bonds. The molecule has 0 saturated heterocycles. The molecule has 3 aromatic rings. The lowest BCUT2D eigenvalue weighted by molar-refractivity contribution is 0.676. The minimum Gasteiger partial charge on any atom is -0.0620 e. The smallest absolute Gasteiger partial charge is 0.0431 e. The van der Waals surface area contributed by atoms with E-state index in [9.17, 15) is 0 Å². The Morgan fingerprint density at radius 3 is 1.00 bits per heavy atom. The van der Waals surface area contributed by atoms with Gasteiger partial charge in [-0.1, -0.05) is 72.8 Å². The third-order valence-corrected chi connectivity index (χ3v) is 5.05. The van der Waals surface area contributed by atoms with Crippen LogP contribution in [0.1, 0.15) is 40.3 Å². The maximum absolute atomic E-state index is 2.36. The largest absolute Gasteiger partial charge is 0.0620 e. The Morgan fingerprint density at radius 2 is 0.739 bits per heavy atom. The second-order valence-corrected chi connectivity index (χ2v) is 6.57. The van der Waals surface area contributed by atoms with Crippen molar-refractivity contribution in [3.63, 3.8) is 0 Å². The van der Waals surface area contributed by atoms with Gasteiger partial charge >= 0.3 is 0 Å². The van der Waals surface area contributed by atoms with Gasteiger partial charge in [0.2, 0.25) is 0 Å². The Bertz CT molecular complexity index is 716. The van der Waals surface area contributed by atoms with Gasteiger partial charge in [0.15, 0.2) is 0 Å². The molecule has 23 heavy (non-hydrogen) atoms. The van der Waals surface area contributed by atoms with E-state index in [-0.39, 0.29) is 5.41 Å². The van der Waals surface area contributed by atoms with Gasteiger partial charge in [-0.05, 0) is 61.1 Å². The molecule has 0 aromatic heterocycles. The number of hydrogen-bond acceptors (Lipinski definition) is 0. The Balaban J connectivity index is 2.38. The van der Waals surface area contributed by atoms with Gasteiger partial charge in [0.25, 0.3) is 0 Å². The van der Waals surface area contributed by atoms with Crippen LogP contribution in [0.2, 0.25) is 0 Å². The fourth-order valence-electron chi connectivity index (χ4n) is 3.84. The van der Waals surface area contributed by atoms with Crippen LogP contribution >= 0.6 is 0 Å². The first-order chi connectivity index (χ1) is 11.0. The molecular weight excluding hydrogens is 276 g/mol. The molecule has 0 heterocycles. The topological polar surface area (TPSA) is 0 Å². The van der Waals surface area contributed by atoms with Gasteiger partial charge < -0.3 is 0 Å². The predicted octanol–water partition coefficient (Wildman–Crippen LogP) is 5.97. The highest BCUT2D eigenvalue weighted by Gasteiger charge is 2.34. The lowest BCUT2D eigenvalue weighted by Gasteiger charge is -2.35. The molecule has 0 aliphatic rings. The number of rotatable bonds is 3. The molecule has 0 fully saturated rings. The van der Waals surface area contributed by atoms with Gasteiger partial charge in [-0.15, -0.1) is 0 Å². The predicted molar refractivity (Wildman–Crippen MR) is 99.1 cm³/mol. The van der Waals surface area contributed by atoms with Gasteiger partial charge in [0.1, 0.15) is 0 Å². The standard InChI is InChI=1S/C23H24/c1-17-11-5-8-14-20(17)23(4,21-15-9-6-12-18(21)2)22-16-10-7-13-19(22)3/h5-16H,1-4H3. The minimum atomic E-state index is -0.151. The fraction of sp³-hybridized carbons (Fsp3) is 0.217. The van der Waals surface area contributed by atoms with E-state index in [1.54, 1.807) is 0 Å². The van der Waals surface area contributed by atoms with E-state index >= 15 is 0 Å². The van der Waals surface area contributed by atoms with E-state index in [1.165, 1.54) is 33.4 Å². The summed E-state index contributed by atoms with van der Waals surface area (Å²) >= 11 is 0. The summed E-state index contributed by atoms with van der Waals surface area (Å²) in [5.41, 5.74) is 7.99. The summed E-state index contributed by atoms with van der Waals surface area (Å²) in [4.78, 5) is 0. The summed E-state index contributed by atoms with van der Waals surface area (Å²) in [6, 6.07) is 26.3. The molecule has 0 saturated carbocycles. The summed E-state index contributed by atoms with van der Waals surface area (Å²) in [7, 11) is 0. The second-order valence-electron chi connectivity index (χ2n) is 6.57. The lowest BCUT2D eigenvalue weighted by Crippen LogP contribution is -2.28. The Hall–Kier alpha value is -2.34. The van der Waals surface area contributed by atoms with Gasteiger partial charge in [-0.3, -0.25) is 0 Å². The van der Waals surface area contributed by atoms with E-state index in [4.69, 9.17) is 0 Å². The summed E-state index contributed by atoms with van der Waals surface area (Å²) in [5.74, 6) is 0. The van der Waals surface area contributed by atoms with Crippen molar-refractivity contribution in [1.29, 1.82) is 0 Å². The Morgan fingerprint density at radius 1 is 0.478 bits per heavy atom. The Labute approximate surface area is 139 Å². The first-order valence-electron chi connectivity index (χ1n) is 8.23. The lowest BCUT2D eigenvalue weighted by atomic mass is 9.67. The van der Waals surface area contributed by atoms with E-state index in [0.29, 0.717) is 0 Å². The highest BCUT2D eigenvalue weighted by molar-refractivity contribution is 5.55. The van der Waals surface area contributed by atoms with Gasteiger partial charge in [0, 0.05) is 5.41 Å². The highest BCUT2D eigenvalue weighted by Crippen LogP contribution is 2.42. The molecular formula is C23H24. The number of aryl methyl sites for hydroxylation is 3. The summed E-state index contributed by atoms with van der Waals surface area (Å²) in [6.07, 6.45) is 0. The molecule has 0 aliphatic heterocycles. The molecule has 0 radical (unpaired) electrons. The third kappa shape index (κ3) is 2.59. The van der Waals surface area contributed by atoms with Crippen molar-refractivity contribution in [1.82, 2.24) is 0 Å². The van der Waals surface area contributed by atoms with Crippen molar-refractivity contribution in [3.05, 3.63) is 106 Å². The molecule has 0 spiro atoms. The molecule has 0 atom stereocenters. The van der Waals surface area contributed by atoms with Gasteiger partial charge in [-0.25, -0.2) is 0 Å². The van der Waals surface area contributed by atoms with Crippen molar-refractivity contribution >= 4 is 0 Å². The molecule has 0 heteroatoms. The van der Waals surface area contributed by atoms with Gasteiger partial charge in [0.05, 0.1) is 0 Å². The molecule has 0 bridgehead atoms. The van der Waals surface area contributed by atoms with Crippen LogP contribution in [0, 0.1) is 20.8 Å². The monoisotopic (exact) mass is 300 g/mol. The maximum Gasteiger partial charge on any atom is 0.0431 e. The quantitative estimate of drug-likeness (QED) is 0.523. The summed E-state index contributed by atoms with van der Waals surface area (Å²) in [6.45, 7) is 9.00. The van der Waals surface area contributed by atoms with Crippen LogP contribution in [0.5, 0.6) is 0 Å². The minimum absolute atomic E-state index is 0.151. The first kappa shape index (κ1) is 15.6. The Kier molecular flexibility index (Phi) is 4.09. The first-order valence-corrected chi connectivity index (χ1v) is 8.23. The average molecular weight is 300 g/mol. The van der Waals surface area contributed by atoms with E-state index in [0.717, 1.165) is 0 Å². The second kappa shape index (κ2) is 6.04. The average Bonchev–Trinajstić information content (AvgIpc) is 2.55. The summed E-state index contributed by atoms with van der Waals surface area (Å²) in [5, 5.41) is 0. The van der Waals surface area contributed by atoms with E-state index < -0.39 is 0 Å². The van der Waals surface area contributed by atoms with Crippen LogP contribution in [-0.4, -0.2) is 0 Å². The molecule has 0 N–H and O–H groups in total. The van der Waals surface area contributed by atoms with Crippen LogP contribution in [-0.2, 0) is 5.41 Å². The summed E-state index contributed by atoms with van der Waals surface area (Å²) < 4.78 is 0. The van der Waals surface area contributed by atoms with Crippen molar-refractivity contribution in [2.45, 2.75) is 33.1 Å². The third-order valence-electron chi connectivity index (χ3n) is 5.05. The van der Waals surface area contributed by atoms with Crippen LogP contribution in [0.4, 0.5) is 0 Å². The van der Waals surface area contributed by atoms with Crippen LogP contribution < -0.4 is 0 Å². The van der Waals surface area contributed by atoms with E-state index in [2.05, 4.69) is 100 Å². The molecule has 3 aromatic carbocycles. The molecule has 0 aliphatic carbocycles. The van der Waals surface area contributed by atoms with Gasteiger partial charge in [-0.2, -0.15) is 0 Å². The van der Waals surface area contributed by atoms with Crippen LogP contribution in [0.3, 0.4) is 0 Å². The van der Waals surface area contributed by atoms with Crippen molar-refractivity contribution in [2.24, 2.45) is 0 Å². The van der Waals surface area contributed by atoms with Crippen molar-refractivity contribution in [3.8, 4) is 0 Å². The molecule has 3 rings (SSSR count). The van der Waals surface area contributed by atoms with E-state index in [1.807, 2.05) is 0 Å². The number of benzene rings is 3. The fourth-order valence-corrected chi connectivity index (χ4v) is 3.84.